The van der Waals surface area contributed by atoms with Crippen LogP contribution in [0.3, 0.4) is 0 Å². The van der Waals surface area contributed by atoms with E-state index in [0.29, 0.717) is 28.6 Å². The van der Waals surface area contributed by atoms with E-state index in [2.05, 4.69) is 27.5 Å². The molecule has 1 amide bonds. The van der Waals surface area contributed by atoms with Crippen molar-refractivity contribution < 1.29 is 9.53 Å². The number of ether oxygens (including phenoxy) is 1. The number of hydrogen-bond acceptors (Lipinski definition) is 7. The molecule has 0 saturated carbocycles. The Balaban J connectivity index is 1.50. The van der Waals surface area contributed by atoms with Gasteiger partial charge in [0.15, 0.2) is 0 Å². The summed E-state index contributed by atoms with van der Waals surface area (Å²) in [5, 5.41) is 6.45. The molecule has 1 atom stereocenters. The van der Waals surface area contributed by atoms with Gasteiger partial charge in [-0.05, 0) is 55.6 Å². The monoisotopic (exact) mass is 485 g/mol. The average molecular weight is 486 g/mol. The minimum absolute atomic E-state index is 0.143. The number of amides is 1. The van der Waals surface area contributed by atoms with E-state index in [0.717, 1.165) is 61.1 Å². The van der Waals surface area contributed by atoms with Crippen LogP contribution >= 0.6 is 0 Å². The highest BCUT2D eigenvalue weighted by atomic mass is 16.5. The fraction of sp³-hybridized carbons (Fsp3) is 0.333. The molecule has 5 rings (SSSR count). The van der Waals surface area contributed by atoms with Crippen LogP contribution in [-0.2, 0) is 6.42 Å². The Kier molecular flexibility index (Phi) is 6.81. The number of rotatable bonds is 7. The molecule has 0 bridgehead atoms. The van der Waals surface area contributed by atoms with Crippen LogP contribution < -0.4 is 21.1 Å². The molecule has 9 nitrogen and oxygen atoms in total. The molecule has 4 heterocycles. The summed E-state index contributed by atoms with van der Waals surface area (Å²) >= 11 is 0. The Morgan fingerprint density at radius 3 is 2.89 bits per heavy atom. The Hall–Kier alpha value is -3.98. The molecule has 1 aromatic carbocycles. The van der Waals surface area contributed by atoms with E-state index in [-0.39, 0.29) is 11.9 Å². The Morgan fingerprint density at radius 1 is 1.22 bits per heavy atom. The van der Waals surface area contributed by atoms with Crippen LogP contribution in [0.4, 0.5) is 11.6 Å². The molecule has 1 unspecified atom stereocenters. The number of nitrogen functional groups attached to an aromatic ring is 1. The Bertz CT molecular complexity index is 1390. The van der Waals surface area contributed by atoms with Gasteiger partial charge in [-0.2, -0.15) is 0 Å². The van der Waals surface area contributed by atoms with Crippen LogP contribution in [0.2, 0.25) is 0 Å². The first-order valence-corrected chi connectivity index (χ1v) is 12.4. The second-order valence-corrected chi connectivity index (χ2v) is 9.02. The number of carbonyl (C=O) groups excluding carboxylic acids is 1. The fourth-order valence-electron chi connectivity index (χ4n) is 4.80. The standard InChI is InChI=1S/C27H31N7O2/c1-3-6-17-10-12-30-22(15-17)32-27(35)19-9-8-18(16-21(19)36-2)23-24-25(28)31-13-14-34(24)26(33-23)20-7-4-5-11-29-20/h8-10,12-16,20,29H,3-7,11H2,1-2H3,(H2,28,31)(H,30,32,35). The zero-order valence-corrected chi connectivity index (χ0v) is 20.6. The third-order valence-corrected chi connectivity index (χ3v) is 6.56. The van der Waals surface area contributed by atoms with Crippen molar-refractivity contribution in [2.75, 3.05) is 24.7 Å². The summed E-state index contributed by atoms with van der Waals surface area (Å²) in [6.45, 7) is 3.08. The van der Waals surface area contributed by atoms with Crippen molar-refractivity contribution in [3.8, 4) is 17.0 Å². The number of aromatic nitrogens is 4. The minimum atomic E-state index is -0.289. The third-order valence-electron chi connectivity index (χ3n) is 6.56. The first-order chi connectivity index (χ1) is 17.6. The topological polar surface area (TPSA) is 119 Å². The summed E-state index contributed by atoms with van der Waals surface area (Å²) in [5.41, 5.74) is 10.1. The number of carbonyl (C=O) groups is 1. The molecular formula is C27H31N7O2. The SMILES string of the molecule is CCCc1ccnc(NC(=O)c2ccc(-c3nc(C4CCCCN4)n4ccnc(N)c34)cc2OC)c1. The van der Waals surface area contributed by atoms with Gasteiger partial charge in [-0.3, -0.25) is 9.20 Å². The van der Waals surface area contributed by atoms with Gasteiger partial charge in [0.1, 0.15) is 34.4 Å². The summed E-state index contributed by atoms with van der Waals surface area (Å²) in [5.74, 6) is 1.98. The van der Waals surface area contributed by atoms with E-state index < -0.39 is 0 Å². The number of anilines is 2. The van der Waals surface area contributed by atoms with Crippen molar-refractivity contribution in [3.63, 3.8) is 0 Å². The molecule has 0 spiro atoms. The van der Waals surface area contributed by atoms with E-state index in [9.17, 15) is 4.79 Å². The molecule has 1 aliphatic heterocycles. The van der Waals surface area contributed by atoms with Crippen molar-refractivity contribution in [1.29, 1.82) is 0 Å². The quantitative estimate of drug-likeness (QED) is 0.355. The van der Waals surface area contributed by atoms with Crippen LogP contribution in [0, 0.1) is 0 Å². The molecule has 0 radical (unpaired) electrons. The van der Waals surface area contributed by atoms with Gasteiger partial charge in [0, 0.05) is 24.2 Å². The molecular weight excluding hydrogens is 454 g/mol. The van der Waals surface area contributed by atoms with Gasteiger partial charge in [-0.25, -0.2) is 15.0 Å². The second kappa shape index (κ2) is 10.3. The van der Waals surface area contributed by atoms with Crippen molar-refractivity contribution in [3.05, 3.63) is 65.9 Å². The van der Waals surface area contributed by atoms with E-state index in [4.69, 9.17) is 15.5 Å². The number of pyridine rings is 1. The second-order valence-electron chi connectivity index (χ2n) is 9.02. The molecule has 4 N–H and O–H groups in total. The fourth-order valence-corrected chi connectivity index (χ4v) is 4.80. The molecule has 3 aromatic heterocycles. The van der Waals surface area contributed by atoms with Crippen LogP contribution in [0.25, 0.3) is 16.8 Å². The van der Waals surface area contributed by atoms with Gasteiger partial charge in [0.05, 0.1) is 18.7 Å². The highest BCUT2D eigenvalue weighted by molar-refractivity contribution is 6.06. The molecule has 4 aromatic rings. The normalized spacial score (nSPS) is 15.7. The predicted octanol–water partition coefficient (Wildman–Crippen LogP) is 4.40. The van der Waals surface area contributed by atoms with Crippen LogP contribution in [0.5, 0.6) is 5.75 Å². The lowest BCUT2D eigenvalue weighted by molar-refractivity contribution is 0.102. The van der Waals surface area contributed by atoms with Crippen LogP contribution in [-0.4, -0.2) is 38.9 Å². The number of imidazole rings is 1. The van der Waals surface area contributed by atoms with Gasteiger partial charge in [-0.15, -0.1) is 0 Å². The van der Waals surface area contributed by atoms with Crippen molar-refractivity contribution in [2.24, 2.45) is 0 Å². The number of piperidine rings is 1. The maximum atomic E-state index is 13.1. The third kappa shape index (κ3) is 4.61. The average Bonchev–Trinajstić information content (AvgIpc) is 3.30. The summed E-state index contributed by atoms with van der Waals surface area (Å²) in [6.07, 6.45) is 10.6. The molecule has 36 heavy (non-hydrogen) atoms. The maximum Gasteiger partial charge on any atom is 0.260 e. The van der Waals surface area contributed by atoms with Gasteiger partial charge in [-0.1, -0.05) is 25.8 Å². The lowest BCUT2D eigenvalue weighted by atomic mass is 10.0. The number of fused-ring (bicyclic) bond motifs is 1. The lowest BCUT2D eigenvalue weighted by Gasteiger charge is -2.22. The van der Waals surface area contributed by atoms with Crippen molar-refractivity contribution in [1.82, 2.24) is 24.7 Å². The highest BCUT2D eigenvalue weighted by Gasteiger charge is 2.24. The van der Waals surface area contributed by atoms with Crippen molar-refractivity contribution >= 4 is 23.1 Å². The smallest absolute Gasteiger partial charge is 0.260 e. The maximum absolute atomic E-state index is 13.1. The minimum Gasteiger partial charge on any atom is -0.496 e. The van der Waals surface area contributed by atoms with E-state index in [1.165, 1.54) is 0 Å². The summed E-state index contributed by atoms with van der Waals surface area (Å²) in [6, 6.07) is 9.44. The van der Waals surface area contributed by atoms with Gasteiger partial charge < -0.3 is 21.1 Å². The largest absolute Gasteiger partial charge is 0.496 e. The van der Waals surface area contributed by atoms with Crippen LogP contribution in [0.15, 0.2) is 48.9 Å². The number of methoxy groups -OCH3 is 1. The van der Waals surface area contributed by atoms with Gasteiger partial charge in [0.25, 0.3) is 5.91 Å². The Labute approximate surface area is 210 Å². The molecule has 0 aliphatic carbocycles. The van der Waals surface area contributed by atoms with Gasteiger partial charge >= 0.3 is 0 Å². The number of hydrogen-bond donors (Lipinski definition) is 3. The molecule has 9 heteroatoms. The highest BCUT2D eigenvalue weighted by Crippen LogP contribution is 2.34. The summed E-state index contributed by atoms with van der Waals surface area (Å²) in [7, 11) is 1.55. The number of nitrogens with one attached hydrogen (secondary N) is 2. The van der Waals surface area contributed by atoms with E-state index in [1.54, 1.807) is 25.6 Å². The number of benzene rings is 1. The molecule has 1 aliphatic rings. The summed E-state index contributed by atoms with van der Waals surface area (Å²) < 4.78 is 7.64. The predicted molar refractivity (Wildman–Crippen MR) is 140 cm³/mol. The molecule has 186 valence electrons. The van der Waals surface area contributed by atoms with Crippen molar-refractivity contribution in [2.45, 2.75) is 45.1 Å². The molecule has 1 fully saturated rings. The number of nitrogens with two attached hydrogens (primary N) is 1. The zero-order valence-electron chi connectivity index (χ0n) is 20.6. The summed E-state index contributed by atoms with van der Waals surface area (Å²) in [4.78, 5) is 26.7. The number of nitrogens with zero attached hydrogens (tertiary/aromatic N) is 4. The van der Waals surface area contributed by atoms with E-state index >= 15 is 0 Å². The van der Waals surface area contributed by atoms with Gasteiger partial charge in [0.2, 0.25) is 0 Å². The van der Waals surface area contributed by atoms with Crippen LogP contribution in [0.1, 0.15) is 60.4 Å². The zero-order chi connectivity index (χ0) is 25.1. The lowest BCUT2D eigenvalue weighted by Crippen LogP contribution is -2.28. The van der Waals surface area contributed by atoms with E-state index in [1.807, 2.05) is 34.9 Å². The first kappa shape index (κ1) is 23.7. The molecule has 1 saturated heterocycles. The number of aryl methyl sites for hydroxylation is 1. The Morgan fingerprint density at radius 2 is 2.11 bits per heavy atom. The first-order valence-electron chi connectivity index (χ1n) is 12.4.